The molecular formula is C28H26N2O3. The van der Waals surface area contributed by atoms with Crippen LogP contribution in [0.2, 0.25) is 0 Å². The van der Waals surface area contributed by atoms with Crippen LogP contribution >= 0.6 is 0 Å². The maximum atomic E-state index is 11.9. The molecule has 0 fully saturated rings. The molecule has 2 N–H and O–H groups in total. The molecule has 0 atom stereocenters. The minimum Gasteiger partial charge on any atom is -0.465 e. The topological polar surface area (TPSA) is 71.2 Å². The number of benzene rings is 3. The Kier molecular flexibility index (Phi) is 6.13. The maximum absolute atomic E-state index is 11.9. The van der Waals surface area contributed by atoms with E-state index in [-0.39, 0.29) is 11.9 Å². The quantitative estimate of drug-likeness (QED) is 0.275. The Bertz CT molecular complexity index is 1360. The van der Waals surface area contributed by atoms with E-state index in [1.807, 2.05) is 31.2 Å². The highest BCUT2D eigenvalue weighted by atomic mass is 16.5. The second kappa shape index (κ2) is 9.17. The maximum Gasteiger partial charge on any atom is 0.337 e. The van der Waals surface area contributed by atoms with E-state index in [1.165, 1.54) is 18.7 Å². The molecule has 0 saturated heterocycles. The highest BCUT2D eigenvalue weighted by molar-refractivity contribution is 6.03. The Labute approximate surface area is 193 Å². The molecule has 0 aliphatic rings. The number of aromatic nitrogens is 1. The number of aromatic amines is 1. The summed E-state index contributed by atoms with van der Waals surface area (Å²) in [5.41, 5.74) is 8.66. The number of carbonyl (C=O) groups is 2. The fraction of sp³-hybridized carbons (Fsp3) is 0.143. The number of aryl methyl sites for hydroxylation is 1. The third-order valence-corrected chi connectivity index (χ3v) is 5.95. The number of hydrogen-bond donors (Lipinski definition) is 2. The zero-order valence-electron chi connectivity index (χ0n) is 19.0. The third-order valence-electron chi connectivity index (χ3n) is 5.95. The molecule has 4 rings (SSSR count). The van der Waals surface area contributed by atoms with Gasteiger partial charge >= 0.3 is 5.97 Å². The van der Waals surface area contributed by atoms with E-state index in [1.54, 1.807) is 12.1 Å². The number of fused-ring (bicyclic) bond motifs is 1. The van der Waals surface area contributed by atoms with Crippen molar-refractivity contribution in [3.05, 3.63) is 90.0 Å². The first-order valence-electron chi connectivity index (χ1n) is 10.8. The van der Waals surface area contributed by atoms with Crippen LogP contribution in [-0.4, -0.2) is 24.0 Å². The molecule has 4 aromatic rings. The van der Waals surface area contributed by atoms with Gasteiger partial charge in [0.15, 0.2) is 0 Å². The minimum absolute atomic E-state index is 0.235. The van der Waals surface area contributed by atoms with E-state index in [2.05, 4.69) is 48.1 Å². The van der Waals surface area contributed by atoms with Gasteiger partial charge in [0.2, 0.25) is 5.91 Å². The number of carbonyl (C=O) groups excluding carboxylic acids is 2. The van der Waals surface area contributed by atoms with Crippen molar-refractivity contribution in [2.24, 2.45) is 0 Å². The molecule has 166 valence electrons. The first kappa shape index (κ1) is 22.1. The van der Waals surface area contributed by atoms with Crippen molar-refractivity contribution >= 4 is 28.5 Å². The fourth-order valence-electron chi connectivity index (χ4n) is 4.11. The van der Waals surface area contributed by atoms with E-state index in [4.69, 9.17) is 4.74 Å². The summed E-state index contributed by atoms with van der Waals surface area (Å²) in [6.45, 7) is 7.68. The number of nitrogens with one attached hydrogen (secondary N) is 2. The summed E-state index contributed by atoms with van der Waals surface area (Å²) in [5.74, 6) is -0.589. The van der Waals surface area contributed by atoms with Crippen molar-refractivity contribution in [1.82, 2.24) is 4.98 Å². The molecule has 3 aromatic carbocycles. The molecule has 33 heavy (non-hydrogen) atoms. The Morgan fingerprint density at radius 2 is 1.82 bits per heavy atom. The van der Waals surface area contributed by atoms with Gasteiger partial charge in [-0.3, -0.25) is 4.79 Å². The first-order valence-corrected chi connectivity index (χ1v) is 10.8. The lowest BCUT2D eigenvalue weighted by molar-refractivity contribution is -0.111. The summed E-state index contributed by atoms with van der Waals surface area (Å²) < 4.78 is 4.80. The molecule has 5 nitrogen and oxygen atoms in total. The van der Waals surface area contributed by atoms with E-state index in [9.17, 15) is 9.59 Å². The number of H-pyrrole nitrogens is 1. The lowest BCUT2D eigenvalue weighted by Crippen LogP contribution is -2.08. The van der Waals surface area contributed by atoms with Gasteiger partial charge < -0.3 is 15.0 Å². The van der Waals surface area contributed by atoms with Crippen LogP contribution in [0, 0.1) is 6.92 Å². The van der Waals surface area contributed by atoms with Crippen LogP contribution in [0.15, 0.2) is 73.3 Å². The van der Waals surface area contributed by atoms with Crippen LogP contribution in [0.5, 0.6) is 0 Å². The molecule has 0 aliphatic heterocycles. The summed E-state index contributed by atoms with van der Waals surface area (Å²) >= 11 is 0. The molecule has 0 unspecified atom stereocenters. The summed E-state index contributed by atoms with van der Waals surface area (Å²) in [6.07, 6.45) is 2.16. The van der Waals surface area contributed by atoms with Crippen LogP contribution in [0.3, 0.4) is 0 Å². The number of ether oxygens (including phenoxy) is 1. The lowest BCUT2D eigenvalue weighted by Gasteiger charge is -2.14. The Hall–Kier alpha value is -4.12. The molecule has 0 radical (unpaired) electrons. The fourth-order valence-corrected chi connectivity index (χ4v) is 4.11. The average Bonchev–Trinajstić information content (AvgIpc) is 3.30. The number of methoxy groups -OCH3 is 1. The Balaban J connectivity index is 1.84. The monoisotopic (exact) mass is 438 g/mol. The van der Waals surface area contributed by atoms with Gasteiger partial charge in [-0.2, -0.15) is 0 Å². The van der Waals surface area contributed by atoms with Crippen molar-refractivity contribution < 1.29 is 14.3 Å². The summed E-state index contributed by atoms with van der Waals surface area (Å²) in [5, 5.41) is 4.00. The van der Waals surface area contributed by atoms with Gasteiger partial charge in [-0.1, -0.05) is 49.9 Å². The van der Waals surface area contributed by atoms with Gasteiger partial charge in [-0.25, -0.2) is 4.79 Å². The SMILES string of the molecule is C=CC(=O)Nc1cccc(-c2ccc(CC)c3[nH]c(-c4ccc(C(=O)OC)cc4)cc23)c1C. The molecule has 0 bridgehead atoms. The van der Waals surface area contributed by atoms with Crippen molar-refractivity contribution in [3.8, 4) is 22.4 Å². The predicted molar refractivity (Wildman–Crippen MR) is 133 cm³/mol. The zero-order chi connectivity index (χ0) is 23.5. The van der Waals surface area contributed by atoms with Crippen molar-refractivity contribution in [3.63, 3.8) is 0 Å². The first-order chi connectivity index (χ1) is 16.0. The third kappa shape index (κ3) is 4.17. The summed E-state index contributed by atoms with van der Waals surface area (Å²) in [7, 11) is 1.38. The van der Waals surface area contributed by atoms with E-state index in [0.29, 0.717) is 5.56 Å². The molecule has 0 saturated carbocycles. The smallest absolute Gasteiger partial charge is 0.337 e. The molecule has 1 heterocycles. The van der Waals surface area contributed by atoms with Crippen LogP contribution in [0.4, 0.5) is 5.69 Å². The van der Waals surface area contributed by atoms with Crippen molar-refractivity contribution in [1.29, 1.82) is 0 Å². The second-order valence-corrected chi connectivity index (χ2v) is 7.84. The van der Waals surface area contributed by atoms with E-state index < -0.39 is 0 Å². The molecule has 0 aliphatic carbocycles. The normalized spacial score (nSPS) is 10.8. The number of amides is 1. The predicted octanol–water partition coefficient (Wildman–Crippen LogP) is 6.28. The van der Waals surface area contributed by atoms with Gasteiger partial charge in [0.05, 0.1) is 12.7 Å². The van der Waals surface area contributed by atoms with E-state index in [0.717, 1.165) is 51.0 Å². The van der Waals surface area contributed by atoms with Crippen molar-refractivity contribution in [2.45, 2.75) is 20.3 Å². The highest BCUT2D eigenvalue weighted by Gasteiger charge is 2.15. The van der Waals surface area contributed by atoms with Gasteiger partial charge in [-0.15, -0.1) is 0 Å². The van der Waals surface area contributed by atoms with Gasteiger partial charge in [-0.05, 0) is 71.5 Å². The van der Waals surface area contributed by atoms with Gasteiger partial charge in [0.1, 0.15) is 0 Å². The van der Waals surface area contributed by atoms with Crippen LogP contribution in [0.1, 0.15) is 28.4 Å². The van der Waals surface area contributed by atoms with Crippen LogP contribution in [0.25, 0.3) is 33.3 Å². The molecule has 0 spiro atoms. The van der Waals surface area contributed by atoms with Crippen LogP contribution in [-0.2, 0) is 16.0 Å². The van der Waals surface area contributed by atoms with Crippen LogP contribution < -0.4 is 5.32 Å². The summed E-state index contributed by atoms with van der Waals surface area (Å²) in [4.78, 5) is 27.2. The van der Waals surface area contributed by atoms with Gasteiger partial charge in [0, 0.05) is 22.3 Å². The Morgan fingerprint density at radius 1 is 1.06 bits per heavy atom. The number of hydrogen-bond acceptors (Lipinski definition) is 3. The standard InChI is InChI=1S/C28H26N2O3/c1-5-18-14-15-22(21-8-7-9-24(17(21)3)29-26(31)6-2)23-16-25(30-27(18)23)19-10-12-20(13-11-19)28(32)33-4/h6-16,30H,2,5H2,1,3-4H3,(H,29,31). The lowest BCUT2D eigenvalue weighted by atomic mass is 9.94. The molecule has 5 heteroatoms. The highest BCUT2D eigenvalue weighted by Crippen LogP contribution is 2.37. The molecule has 1 amide bonds. The largest absolute Gasteiger partial charge is 0.465 e. The summed E-state index contributed by atoms with van der Waals surface area (Å²) in [6, 6.07) is 19.7. The molecule has 1 aromatic heterocycles. The van der Waals surface area contributed by atoms with E-state index >= 15 is 0 Å². The number of rotatable bonds is 6. The second-order valence-electron chi connectivity index (χ2n) is 7.84. The minimum atomic E-state index is -0.354. The van der Waals surface area contributed by atoms with Gasteiger partial charge in [0.25, 0.3) is 0 Å². The van der Waals surface area contributed by atoms with Crippen molar-refractivity contribution in [2.75, 3.05) is 12.4 Å². The number of anilines is 1. The molecular weight excluding hydrogens is 412 g/mol. The number of esters is 1. The average molecular weight is 439 g/mol. The zero-order valence-corrected chi connectivity index (χ0v) is 19.0. The Morgan fingerprint density at radius 3 is 2.48 bits per heavy atom.